The minimum atomic E-state index is 0.649. The van der Waals surface area contributed by atoms with E-state index in [1.54, 1.807) is 0 Å². The third kappa shape index (κ3) is 2.66. The minimum Gasteiger partial charge on any atom is -0.439 e. The monoisotopic (exact) mass is 273 g/mol. The molecule has 2 aromatic rings. The zero-order chi connectivity index (χ0) is 14.1. The van der Waals surface area contributed by atoms with Gasteiger partial charge in [0.15, 0.2) is 11.5 Å². The quantitative estimate of drug-likeness (QED) is 0.933. The Morgan fingerprint density at radius 3 is 2.75 bits per heavy atom. The second-order valence-corrected chi connectivity index (χ2v) is 6.03. The number of fused-ring (bicyclic) bond motifs is 1. The third-order valence-corrected chi connectivity index (χ3v) is 3.74. The molecule has 2 heterocycles. The molecule has 0 saturated carbocycles. The molecule has 1 aromatic carbocycles. The average Bonchev–Trinajstić information content (AvgIpc) is 2.78. The van der Waals surface area contributed by atoms with Crippen molar-refractivity contribution in [2.45, 2.75) is 27.2 Å². The highest BCUT2D eigenvalue weighted by Crippen LogP contribution is 2.30. The van der Waals surface area contributed by atoms with Crippen LogP contribution in [0.25, 0.3) is 11.1 Å². The van der Waals surface area contributed by atoms with E-state index in [4.69, 9.17) is 4.42 Å². The lowest BCUT2D eigenvalue weighted by Gasteiger charge is -2.29. The zero-order valence-electron chi connectivity index (χ0n) is 12.6. The van der Waals surface area contributed by atoms with Gasteiger partial charge in [-0.25, -0.2) is 4.98 Å². The highest BCUT2D eigenvalue weighted by Gasteiger charge is 2.18. The molecule has 0 unspecified atom stereocenters. The molecule has 0 bridgehead atoms. The molecule has 0 amide bonds. The molecule has 0 aliphatic carbocycles. The zero-order valence-corrected chi connectivity index (χ0v) is 12.6. The van der Waals surface area contributed by atoms with Crippen molar-refractivity contribution >= 4 is 16.8 Å². The first-order valence-electron chi connectivity index (χ1n) is 7.49. The van der Waals surface area contributed by atoms with Crippen LogP contribution >= 0.6 is 0 Å². The van der Waals surface area contributed by atoms with Crippen molar-refractivity contribution in [3.8, 4) is 0 Å². The SMILES string of the molecule is Cc1nc2cc(CC(C)C)cc(N3CCNCC3)c2o1. The fourth-order valence-corrected chi connectivity index (χ4v) is 2.91. The van der Waals surface area contributed by atoms with Gasteiger partial charge in [0.1, 0.15) is 5.52 Å². The first-order valence-corrected chi connectivity index (χ1v) is 7.49. The summed E-state index contributed by atoms with van der Waals surface area (Å²) < 4.78 is 5.84. The topological polar surface area (TPSA) is 41.3 Å². The third-order valence-electron chi connectivity index (χ3n) is 3.74. The number of rotatable bonds is 3. The molecule has 4 heteroatoms. The van der Waals surface area contributed by atoms with Crippen LogP contribution in [0.15, 0.2) is 16.5 Å². The molecule has 3 rings (SSSR count). The van der Waals surface area contributed by atoms with Crippen molar-refractivity contribution in [1.29, 1.82) is 0 Å². The molecule has 0 radical (unpaired) electrons. The summed E-state index contributed by atoms with van der Waals surface area (Å²) in [5.74, 6) is 1.40. The lowest BCUT2D eigenvalue weighted by molar-refractivity contribution is 0.552. The van der Waals surface area contributed by atoms with Crippen molar-refractivity contribution in [3.05, 3.63) is 23.6 Å². The fourth-order valence-electron chi connectivity index (χ4n) is 2.91. The van der Waals surface area contributed by atoms with Crippen LogP contribution in [0, 0.1) is 12.8 Å². The van der Waals surface area contributed by atoms with E-state index in [0.29, 0.717) is 5.92 Å². The van der Waals surface area contributed by atoms with E-state index in [-0.39, 0.29) is 0 Å². The Morgan fingerprint density at radius 1 is 1.30 bits per heavy atom. The van der Waals surface area contributed by atoms with Gasteiger partial charge in [0.2, 0.25) is 0 Å². The van der Waals surface area contributed by atoms with Crippen LogP contribution < -0.4 is 10.2 Å². The maximum atomic E-state index is 5.84. The number of hydrogen-bond donors (Lipinski definition) is 1. The van der Waals surface area contributed by atoms with Crippen LogP contribution in [0.3, 0.4) is 0 Å². The summed E-state index contributed by atoms with van der Waals surface area (Å²) in [5.41, 5.74) is 4.50. The van der Waals surface area contributed by atoms with Crippen molar-refractivity contribution < 1.29 is 4.42 Å². The molecule has 1 aliphatic heterocycles. The molecule has 0 atom stereocenters. The van der Waals surface area contributed by atoms with E-state index < -0.39 is 0 Å². The molecular weight excluding hydrogens is 250 g/mol. The predicted molar refractivity (Wildman–Crippen MR) is 82.4 cm³/mol. The molecular formula is C16H23N3O. The van der Waals surface area contributed by atoms with Crippen molar-refractivity contribution in [2.24, 2.45) is 5.92 Å². The number of anilines is 1. The Bertz CT molecular complexity index is 597. The summed E-state index contributed by atoms with van der Waals surface area (Å²) in [6, 6.07) is 4.47. The van der Waals surface area contributed by atoms with Gasteiger partial charge >= 0.3 is 0 Å². The maximum Gasteiger partial charge on any atom is 0.192 e. The van der Waals surface area contributed by atoms with Gasteiger partial charge in [0, 0.05) is 33.1 Å². The first kappa shape index (κ1) is 13.4. The molecule has 1 N–H and O–H groups in total. The number of benzene rings is 1. The van der Waals surface area contributed by atoms with Crippen LogP contribution in [0.1, 0.15) is 25.3 Å². The lowest BCUT2D eigenvalue weighted by Crippen LogP contribution is -2.43. The smallest absolute Gasteiger partial charge is 0.192 e. The number of nitrogens with one attached hydrogen (secondary N) is 1. The summed E-state index contributed by atoms with van der Waals surface area (Å²) in [7, 11) is 0. The Morgan fingerprint density at radius 2 is 2.05 bits per heavy atom. The van der Waals surface area contributed by atoms with E-state index in [9.17, 15) is 0 Å². The number of oxazole rings is 1. The van der Waals surface area contributed by atoms with Gasteiger partial charge in [-0.2, -0.15) is 0 Å². The van der Waals surface area contributed by atoms with E-state index in [1.807, 2.05) is 6.92 Å². The molecule has 1 saturated heterocycles. The predicted octanol–water partition coefficient (Wildman–Crippen LogP) is 2.74. The summed E-state index contributed by atoms with van der Waals surface area (Å²) in [6.07, 6.45) is 1.08. The van der Waals surface area contributed by atoms with Crippen LogP contribution in [0.2, 0.25) is 0 Å². The van der Waals surface area contributed by atoms with Crippen molar-refractivity contribution in [3.63, 3.8) is 0 Å². The fraction of sp³-hybridized carbons (Fsp3) is 0.562. The summed E-state index contributed by atoms with van der Waals surface area (Å²) in [5, 5.41) is 3.40. The van der Waals surface area contributed by atoms with Crippen molar-refractivity contribution in [1.82, 2.24) is 10.3 Å². The molecule has 108 valence electrons. The van der Waals surface area contributed by atoms with Gasteiger partial charge in [-0.3, -0.25) is 0 Å². The van der Waals surface area contributed by atoms with Crippen LogP contribution in [0.4, 0.5) is 5.69 Å². The number of aromatic nitrogens is 1. The number of piperazine rings is 1. The van der Waals surface area contributed by atoms with E-state index in [2.05, 4.69) is 41.2 Å². The lowest BCUT2D eigenvalue weighted by atomic mass is 10.0. The Hall–Kier alpha value is -1.55. The van der Waals surface area contributed by atoms with Crippen LogP contribution in [-0.2, 0) is 6.42 Å². The summed E-state index contributed by atoms with van der Waals surface area (Å²) in [6.45, 7) is 10.5. The van der Waals surface area contributed by atoms with Gasteiger partial charge in [0.25, 0.3) is 0 Å². The Balaban J connectivity index is 2.06. The average molecular weight is 273 g/mol. The first-order chi connectivity index (χ1) is 9.63. The van der Waals surface area contributed by atoms with Gasteiger partial charge in [0.05, 0.1) is 5.69 Å². The Labute approximate surface area is 120 Å². The van der Waals surface area contributed by atoms with Crippen LogP contribution in [-0.4, -0.2) is 31.2 Å². The van der Waals surface area contributed by atoms with Gasteiger partial charge in [-0.15, -0.1) is 0 Å². The number of nitrogens with zero attached hydrogens (tertiary/aromatic N) is 2. The number of aryl methyl sites for hydroxylation is 1. The van der Waals surface area contributed by atoms with E-state index >= 15 is 0 Å². The van der Waals surface area contributed by atoms with Gasteiger partial charge in [-0.05, 0) is 30.0 Å². The van der Waals surface area contributed by atoms with Gasteiger partial charge in [-0.1, -0.05) is 13.8 Å². The largest absolute Gasteiger partial charge is 0.439 e. The molecule has 1 fully saturated rings. The standard InChI is InChI=1S/C16H23N3O/c1-11(2)8-13-9-14-16(20-12(3)18-14)15(10-13)19-6-4-17-5-7-19/h9-11,17H,4-8H2,1-3H3. The molecule has 1 aromatic heterocycles. The molecule has 0 spiro atoms. The minimum absolute atomic E-state index is 0.649. The molecule has 1 aliphatic rings. The normalized spacial score (nSPS) is 16.3. The summed E-state index contributed by atoms with van der Waals surface area (Å²) in [4.78, 5) is 6.94. The Kier molecular flexibility index (Phi) is 3.66. The second kappa shape index (κ2) is 5.44. The van der Waals surface area contributed by atoms with E-state index in [1.165, 1.54) is 11.3 Å². The summed E-state index contributed by atoms with van der Waals surface area (Å²) >= 11 is 0. The highest BCUT2D eigenvalue weighted by molar-refractivity contribution is 5.88. The van der Waals surface area contributed by atoms with E-state index in [0.717, 1.165) is 49.6 Å². The van der Waals surface area contributed by atoms with Crippen molar-refractivity contribution in [2.75, 3.05) is 31.1 Å². The van der Waals surface area contributed by atoms with Gasteiger partial charge < -0.3 is 14.6 Å². The van der Waals surface area contributed by atoms with Crippen LogP contribution in [0.5, 0.6) is 0 Å². The molecule has 4 nitrogen and oxygen atoms in total. The second-order valence-electron chi connectivity index (χ2n) is 6.03. The molecule has 20 heavy (non-hydrogen) atoms. The highest BCUT2D eigenvalue weighted by atomic mass is 16.3. The number of hydrogen-bond acceptors (Lipinski definition) is 4. The maximum absolute atomic E-state index is 5.84.